The summed E-state index contributed by atoms with van der Waals surface area (Å²) in [6, 6.07) is 14.5. The van der Waals surface area contributed by atoms with Crippen LogP contribution in [0.2, 0.25) is 0 Å². The molecule has 6 heteroatoms. The minimum absolute atomic E-state index is 0.0454. The van der Waals surface area contributed by atoms with Crippen LogP contribution in [0.3, 0.4) is 0 Å². The first-order valence-electron chi connectivity index (χ1n) is 8.10. The number of aliphatic imine (C=N–C) groups is 1. The molecule has 0 aliphatic rings. The van der Waals surface area contributed by atoms with E-state index in [-0.39, 0.29) is 11.9 Å². The second-order valence-corrected chi connectivity index (χ2v) is 6.28. The molecule has 1 amide bonds. The van der Waals surface area contributed by atoms with Crippen LogP contribution in [0, 0.1) is 0 Å². The molecule has 0 saturated heterocycles. The maximum absolute atomic E-state index is 12.4. The number of nitrogens with zero attached hydrogens (tertiary/aromatic N) is 1. The molecule has 0 spiro atoms. The summed E-state index contributed by atoms with van der Waals surface area (Å²) in [6.45, 7) is 7.49. The Morgan fingerprint density at radius 2 is 1.96 bits per heavy atom. The van der Waals surface area contributed by atoms with Crippen LogP contribution in [-0.2, 0) is 0 Å². The number of ether oxygens (including phenoxy) is 1. The standard InChI is InChI=1S/C20H22ClN3O2/c1-13(22-15(3)23-14(2)21)16-7-5-9-18(11-16)24-20(25)17-8-6-10-19(12-17)26-4/h5-13,22H,3H2,1-2,4H3,(H,24,25). The summed E-state index contributed by atoms with van der Waals surface area (Å²) in [6.07, 6.45) is 0. The number of rotatable bonds is 7. The van der Waals surface area contributed by atoms with Crippen molar-refractivity contribution in [3.05, 3.63) is 72.1 Å². The zero-order valence-electron chi connectivity index (χ0n) is 15.0. The van der Waals surface area contributed by atoms with Crippen molar-refractivity contribution >= 4 is 28.4 Å². The molecule has 0 bridgehead atoms. The zero-order valence-corrected chi connectivity index (χ0v) is 15.8. The second kappa shape index (κ2) is 9.06. The first-order chi connectivity index (χ1) is 12.4. The Kier molecular flexibility index (Phi) is 6.81. The van der Waals surface area contributed by atoms with Crippen molar-refractivity contribution < 1.29 is 9.53 Å². The summed E-state index contributed by atoms with van der Waals surface area (Å²) >= 11 is 5.76. The van der Waals surface area contributed by atoms with E-state index < -0.39 is 0 Å². The van der Waals surface area contributed by atoms with Gasteiger partial charge < -0.3 is 15.4 Å². The fraction of sp³-hybridized carbons (Fsp3) is 0.200. The van der Waals surface area contributed by atoms with E-state index in [4.69, 9.17) is 16.3 Å². The van der Waals surface area contributed by atoms with E-state index in [1.165, 1.54) is 0 Å². The van der Waals surface area contributed by atoms with E-state index in [1.54, 1.807) is 38.3 Å². The Bertz CT molecular complexity index is 829. The molecule has 0 aliphatic heterocycles. The van der Waals surface area contributed by atoms with Gasteiger partial charge in [-0.25, -0.2) is 4.99 Å². The van der Waals surface area contributed by atoms with Crippen LogP contribution in [0.5, 0.6) is 5.75 Å². The molecule has 0 aliphatic carbocycles. The number of carbonyl (C=O) groups is 1. The maximum Gasteiger partial charge on any atom is 0.255 e. The van der Waals surface area contributed by atoms with Crippen LogP contribution in [0.25, 0.3) is 0 Å². The highest BCUT2D eigenvalue weighted by molar-refractivity contribution is 6.64. The summed E-state index contributed by atoms with van der Waals surface area (Å²) in [5.41, 5.74) is 2.21. The van der Waals surface area contributed by atoms with E-state index in [1.807, 2.05) is 31.2 Å². The summed E-state index contributed by atoms with van der Waals surface area (Å²) in [4.78, 5) is 16.5. The number of methoxy groups -OCH3 is 1. The van der Waals surface area contributed by atoms with Gasteiger partial charge in [0.15, 0.2) is 0 Å². The Morgan fingerprint density at radius 3 is 2.65 bits per heavy atom. The van der Waals surface area contributed by atoms with E-state index in [9.17, 15) is 4.79 Å². The van der Waals surface area contributed by atoms with Gasteiger partial charge in [0.25, 0.3) is 5.91 Å². The number of benzene rings is 2. The summed E-state index contributed by atoms with van der Waals surface area (Å²) in [5, 5.41) is 6.47. The summed E-state index contributed by atoms with van der Waals surface area (Å²) in [7, 11) is 1.57. The van der Waals surface area contributed by atoms with E-state index in [0.717, 1.165) is 5.56 Å². The third-order valence-electron chi connectivity index (χ3n) is 3.65. The summed E-state index contributed by atoms with van der Waals surface area (Å²) in [5.74, 6) is 0.919. The normalized spacial score (nSPS) is 12.2. The molecule has 1 unspecified atom stereocenters. The topological polar surface area (TPSA) is 62.7 Å². The van der Waals surface area contributed by atoms with Gasteiger partial charge in [0.05, 0.1) is 7.11 Å². The third-order valence-corrected chi connectivity index (χ3v) is 3.73. The molecule has 136 valence electrons. The Morgan fingerprint density at radius 1 is 1.23 bits per heavy atom. The van der Waals surface area contributed by atoms with Crippen LogP contribution in [0.1, 0.15) is 35.8 Å². The van der Waals surface area contributed by atoms with Crippen LogP contribution < -0.4 is 15.4 Å². The smallest absolute Gasteiger partial charge is 0.255 e. The van der Waals surface area contributed by atoms with Crippen molar-refractivity contribution in [1.29, 1.82) is 0 Å². The van der Waals surface area contributed by atoms with E-state index >= 15 is 0 Å². The van der Waals surface area contributed by atoms with Gasteiger partial charge in [0, 0.05) is 17.3 Å². The average molecular weight is 372 g/mol. The molecular weight excluding hydrogens is 350 g/mol. The fourth-order valence-electron chi connectivity index (χ4n) is 2.40. The molecule has 0 radical (unpaired) electrons. The van der Waals surface area contributed by atoms with Crippen molar-refractivity contribution in [2.24, 2.45) is 4.99 Å². The van der Waals surface area contributed by atoms with Crippen LogP contribution in [0.4, 0.5) is 5.69 Å². The van der Waals surface area contributed by atoms with Gasteiger partial charge in [-0.15, -0.1) is 0 Å². The lowest BCUT2D eigenvalue weighted by Crippen LogP contribution is -2.17. The Hall–Kier alpha value is -2.79. The number of hydrogen-bond donors (Lipinski definition) is 2. The molecule has 2 N–H and O–H groups in total. The zero-order chi connectivity index (χ0) is 19.1. The number of hydrogen-bond acceptors (Lipinski definition) is 4. The van der Waals surface area contributed by atoms with Gasteiger partial charge >= 0.3 is 0 Å². The lowest BCUT2D eigenvalue weighted by molar-refractivity contribution is 0.102. The van der Waals surface area contributed by atoms with Crippen LogP contribution >= 0.6 is 11.6 Å². The minimum atomic E-state index is -0.201. The van der Waals surface area contributed by atoms with Gasteiger partial charge in [-0.05, 0) is 49.7 Å². The first kappa shape index (κ1) is 19.5. The molecule has 0 aromatic heterocycles. The lowest BCUT2D eigenvalue weighted by Gasteiger charge is -2.16. The molecule has 2 rings (SSSR count). The van der Waals surface area contributed by atoms with E-state index in [2.05, 4.69) is 22.2 Å². The third kappa shape index (κ3) is 5.63. The highest BCUT2D eigenvalue weighted by Gasteiger charge is 2.10. The van der Waals surface area contributed by atoms with Gasteiger partial charge in [-0.3, -0.25) is 4.79 Å². The highest BCUT2D eigenvalue weighted by Crippen LogP contribution is 2.20. The first-order valence-corrected chi connectivity index (χ1v) is 8.48. The molecule has 5 nitrogen and oxygen atoms in total. The van der Waals surface area contributed by atoms with Gasteiger partial charge in [0.2, 0.25) is 0 Å². The van der Waals surface area contributed by atoms with Crippen molar-refractivity contribution in [2.45, 2.75) is 19.9 Å². The van der Waals surface area contributed by atoms with Crippen LogP contribution in [-0.4, -0.2) is 18.2 Å². The van der Waals surface area contributed by atoms with Crippen molar-refractivity contribution in [2.75, 3.05) is 12.4 Å². The predicted octanol–water partition coefficient (Wildman–Crippen LogP) is 4.73. The van der Waals surface area contributed by atoms with Crippen molar-refractivity contribution in [3.8, 4) is 5.75 Å². The van der Waals surface area contributed by atoms with Crippen molar-refractivity contribution in [3.63, 3.8) is 0 Å². The minimum Gasteiger partial charge on any atom is -0.497 e. The van der Waals surface area contributed by atoms with E-state index in [0.29, 0.717) is 28.0 Å². The van der Waals surface area contributed by atoms with Crippen LogP contribution in [0.15, 0.2) is 65.9 Å². The molecule has 2 aromatic rings. The van der Waals surface area contributed by atoms with Gasteiger partial charge in [-0.2, -0.15) is 0 Å². The molecule has 0 heterocycles. The number of halogens is 1. The quantitative estimate of drug-likeness (QED) is 0.692. The Balaban J connectivity index is 2.09. The number of amides is 1. The molecular formula is C20H22ClN3O2. The average Bonchev–Trinajstić information content (AvgIpc) is 2.61. The molecule has 2 aromatic carbocycles. The lowest BCUT2D eigenvalue weighted by atomic mass is 10.1. The highest BCUT2D eigenvalue weighted by atomic mass is 35.5. The second-order valence-electron chi connectivity index (χ2n) is 5.73. The predicted molar refractivity (Wildman–Crippen MR) is 107 cm³/mol. The number of anilines is 1. The fourth-order valence-corrected chi connectivity index (χ4v) is 2.51. The van der Waals surface area contributed by atoms with Crippen molar-refractivity contribution in [1.82, 2.24) is 5.32 Å². The maximum atomic E-state index is 12.4. The van der Waals surface area contributed by atoms with Gasteiger partial charge in [0.1, 0.15) is 16.7 Å². The van der Waals surface area contributed by atoms with Gasteiger partial charge in [-0.1, -0.05) is 36.4 Å². The molecule has 0 saturated carbocycles. The monoisotopic (exact) mass is 371 g/mol. The molecule has 26 heavy (non-hydrogen) atoms. The summed E-state index contributed by atoms with van der Waals surface area (Å²) < 4.78 is 5.15. The molecule has 0 fully saturated rings. The largest absolute Gasteiger partial charge is 0.497 e. The number of carbonyl (C=O) groups excluding carboxylic acids is 1. The number of nitrogens with one attached hydrogen (secondary N) is 2. The Labute approximate surface area is 158 Å². The SMILES string of the molecule is C=C(N=C(C)Cl)NC(C)c1cccc(NC(=O)c2cccc(OC)c2)c1. The molecule has 1 atom stereocenters.